The van der Waals surface area contributed by atoms with E-state index in [-0.39, 0.29) is 5.97 Å². The molecule has 0 aliphatic carbocycles. The minimum absolute atomic E-state index is 0.195. The van der Waals surface area contributed by atoms with Crippen molar-refractivity contribution in [1.82, 2.24) is 4.90 Å². The highest BCUT2D eigenvalue weighted by atomic mass is 16.5. The lowest BCUT2D eigenvalue weighted by molar-refractivity contribution is -0.139. The van der Waals surface area contributed by atoms with Crippen molar-refractivity contribution in [3.05, 3.63) is 11.6 Å². The number of nitrogens with zero attached hydrogens (tertiary/aromatic N) is 1. The van der Waals surface area contributed by atoms with Gasteiger partial charge in [0.1, 0.15) is 6.61 Å². The molecule has 0 rings (SSSR count). The molecule has 0 amide bonds. The molecule has 17 heavy (non-hydrogen) atoms. The molecule has 0 saturated heterocycles. The highest BCUT2D eigenvalue weighted by Crippen LogP contribution is 2.05. The quantitative estimate of drug-likeness (QED) is 0.507. The van der Waals surface area contributed by atoms with Gasteiger partial charge in [0, 0.05) is 24.2 Å². The van der Waals surface area contributed by atoms with Gasteiger partial charge in [0.15, 0.2) is 0 Å². The van der Waals surface area contributed by atoms with E-state index in [0.29, 0.717) is 24.3 Å². The summed E-state index contributed by atoms with van der Waals surface area (Å²) in [6.45, 7) is 13.7. The third kappa shape index (κ3) is 6.47. The molecule has 0 N–H and O–H groups in total. The molecule has 0 atom stereocenters. The summed E-state index contributed by atoms with van der Waals surface area (Å²) in [5, 5.41) is 0. The van der Waals surface area contributed by atoms with Crippen molar-refractivity contribution in [2.45, 2.75) is 60.0 Å². The number of esters is 1. The lowest BCUT2D eigenvalue weighted by Crippen LogP contribution is -2.39. The monoisotopic (exact) mass is 241 g/mol. The van der Waals surface area contributed by atoms with Gasteiger partial charge in [-0.1, -0.05) is 13.0 Å². The number of rotatable bonds is 7. The first kappa shape index (κ1) is 16.2. The van der Waals surface area contributed by atoms with Crippen molar-refractivity contribution in [1.29, 1.82) is 0 Å². The van der Waals surface area contributed by atoms with Crippen LogP contribution in [0.2, 0.25) is 0 Å². The fourth-order valence-electron chi connectivity index (χ4n) is 1.86. The molecule has 100 valence electrons. The van der Waals surface area contributed by atoms with Crippen LogP contribution in [0.25, 0.3) is 0 Å². The second kappa shape index (κ2) is 8.29. The summed E-state index contributed by atoms with van der Waals surface area (Å²) in [5.74, 6) is -0.195. The molecule has 0 spiro atoms. The van der Waals surface area contributed by atoms with E-state index in [1.54, 1.807) is 6.92 Å². The van der Waals surface area contributed by atoms with E-state index in [1.165, 1.54) is 0 Å². The molecule has 0 aliphatic rings. The van der Waals surface area contributed by atoms with E-state index in [4.69, 9.17) is 4.74 Å². The molecule has 0 aromatic carbocycles. The molecule has 0 aromatic rings. The van der Waals surface area contributed by atoms with Gasteiger partial charge >= 0.3 is 5.97 Å². The third-order valence-corrected chi connectivity index (χ3v) is 2.74. The first-order chi connectivity index (χ1) is 7.90. The van der Waals surface area contributed by atoms with Gasteiger partial charge in [-0.3, -0.25) is 4.90 Å². The minimum Gasteiger partial charge on any atom is -0.461 e. The van der Waals surface area contributed by atoms with Gasteiger partial charge in [-0.25, -0.2) is 4.79 Å². The Hall–Kier alpha value is -0.830. The summed E-state index contributed by atoms with van der Waals surface area (Å²) in [6, 6.07) is 0.946. The Labute approximate surface area is 106 Å². The molecule has 3 heteroatoms. The van der Waals surface area contributed by atoms with E-state index in [1.807, 2.05) is 13.0 Å². The Kier molecular flexibility index (Phi) is 7.88. The van der Waals surface area contributed by atoms with Gasteiger partial charge in [0.2, 0.25) is 0 Å². The Morgan fingerprint density at radius 3 is 2.18 bits per heavy atom. The number of ether oxygens (including phenoxy) is 1. The molecular weight excluding hydrogens is 214 g/mol. The summed E-state index contributed by atoms with van der Waals surface area (Å²) in [4.78, 5) is 13.9. The van der Waals surface area contributed by atoms with Crippen LogP contribution in [-0.2, 0) is 9.53 Å². The lowest BCUT2D eigenvalue weighted by atomic mass is 10.2. The molecular formula is C14H27NO2. The number of carbonyl (C=O) groups excluding carboxylic acids is 1. The van der Waals surface area contributed by atoms with Gasteiger partial charge in [-0.2, -0.15) is 0 Å². The Balaban J connectivity index is 4.05. The topological polar surface area (TPSA) is 29.5 Å². The van der Waals surface area contributed by atoms with Crippen LogP contribution in [0.3, 0.4) is 0 Å². The van der Waals surface area contributed by atoms with E-state index in [0.717, 1.165) is 13.0 Å². The zero-order chi connectivity index (χ0) is 13.4. The van der Waals surface area contributed by atoms with E-state index in [9.17, 15) is 4.79 Å². The summed E-state index contributed by atoms with van der Waals surface area (Å²) < 4.78 is 5.24. The third-order valence-electron chi connectivity index (χ3n) is 2.74. The zero-order valence-corrected chi connectivity index (χ0v) is 12.1. The largest absolute Gasteiger partial charge is 0.461 e. The van der Waals surface area contributed by atoms with Gasteiger partial charge in [0.05, 0.1) is 0 Å². The fourth-order valence-corrected chi connectivity index (χ4v) is 1.86. The van der Waals surface area contributed by atoms with Crippen molar-refractivity contribution in [2.24, 2.45) is 0 Å². The fraction of sp³-hybridized carbons (Fsp3) is 0.786. The lowest BCUT2D eigenvalue weighted by Gasteiger charge is -2.30. The first-order valence-electron chi connectivity index (χ1n) is 6.49. The standard InChI is InChI=1S/C14H27NO2/c1-7-8-13(6)14(16)17-10-9-15(11(2)3)12(4)5/h8,11-12H,7,9-10H2,1-6H3. The maximum atomic E-state index is 11.5. The van der Waals surface area contributed by atoms with Crippen molar-refractivity contribution >= 4 is 5.97 Å². The van der Waals surface area contributed by atoms with Crippen molar-refractivity contribution in [3.8, 4) is 0 Å². The number of hydrogen-bond donors (Lipinski definition) is 0. The Morgan fingerprint density at radius 2 is 1.76 bits per heavy atom. The molecule has 0 aromatic heterocycles. The highest BCUT2D eigenvalue weighted by Gasteiger charge is 2.14. The predicted octanol–water partition coefficient (Wildman–Crippen LogP) is 3.00. The summed E-state index contributed by atoms with van der Waals surface area (Å²) in [7, 11) is 0. The molecule has 0 fully saturated rings. The Morgan fingerprint density at radius 1 is 1.24 bits per heavy atom. The SMILES string of the molecule is CCC=C(C)C(=O)OCCN(C(C)C)C(C)C. The average molecular weight is 241 g/mol. The molecule has 0 bridgehead atoms. The summed E-state index contributed by atoms with van der Waals surface area (Å²) in [5.41, 5.74) is 0.702. The molecule has 3 nitrogen and oxygen atoms in total. The van der Waals surface area contributed by atoms with Crippen LogP contribution in [0.1, 0.15) is 48.0 Å². The van der Waals surface area contributed by atoms with E-state index < -0.39 is 0 Å². The highest BCUT2D eigenvalue weighted by molar-refractivity contribution is 5.87. The number of allylic oxidation sites excluding steroid dienone is 1. The van der Waals surface area contributed by atoms with E-state index >= 15 is 0 Å². The van der Waals surface area contributed by atoms with Crippen molar-refractivity contribution in [2.75, 3.05) is 13.2 Å². The van der Waals surface area contributed by atoms with E-state index in [2.05, 4.69) is 32.6 Å². The maximum absolute atomic E-state index is 11.5. The molecule has 0 unspecified atom stereocenters. The average Bonchev–Trinajstić information content (AvgIpc) is 2.23. The first-order valence-corrected chi connectivity index (χ1v) is 6.49. The summed E-state index contributed by atoms with van der Waals surface area (Å²) >= 11 is 0. The van der Waals surface area contributed by atoms with Gasteiger partial charge in [0.25, 0.3) is 0 Å². The van der Waals surface area contributed by atoms with Crippen LogP contribution >= 0.6 is 0 Å². The van der Waals surface area contributed by atoms with Gasteiger partial charge in [-0.15, -0.1) is 0 Å². The van der Waals surface area contributed by atoms with Crippen LogP contribution in [0, 0.1) is 0 Å². The van der Waals surface area contributed by atoms with Crippen LogP contribution in [-0.4, -0.2) is 36.1 Å². The number of hydrogen-bond acceptors (Lipinski definition) is 3. The molecule has 0 saturated carbocycles. The second-order valence-corrected chi connectivity index (χ2v) is 4.86. The van der Waals surface area contributed by atoms with Gasteiger partial charge < -0.3 is 4.74 Å². The molecule has 0 heterocycles. The molecule has 0 radical (unpaired) electrons. The zero-order valence-electron chi connectivity index (χ0n) is 12.1. The van der Waals surface area contributed by atoms with Crippen molar-refractivity contribution in [3.63, 3.8) is 0 Å². The van der Waals surface area contributed by atoms with Crippen molar-refractivity contribution < 1.29 is 9.53 Å². The normalized spacial score (nSPS) is 12.6. The maximum Gasteiger partial charge on any atom is 0.333 e. The minimum atomic E-state index is -0.195. The van der Waals surface area contributed by atoms with Gasteiger partial charge in [-0.05, 0) is 41.0 Å². The van der Waals surface area contributed by atoms with Crippen LogP contribution in [0.15, 0.2) is 11.6 Å². The second-order valence-electron chi connectivity index (χ2n) is 4.86. The van der Waals surface area contributed by atoms with Crippen LogP contribution in [0.5, 0.6) is 0 Å². The summed E-state index contributed by atoms with van der Waals surface area (Å²) in [6.07, 6.45) is 2.76. The molecule has 0 aliphatic heterocycles. The van der Waals surface area contributed by atoms with Crippen LogP contribution < -0.4 is 0 Å². The smallest absolute Gasteiger partial charge is 0.333 e. The number of carbonyl (C=O) groups is 1. The Bertz CT molecular complexity index is 249. The van der Waals surface area contributed by atoms with Crippen LogP contribution in [0.4, 0.5) is 0 Å². The predicted molar refractivity (Wildman–Crippen MR) is 72.0 cm³/mol.